The van der Waals surface area contributed by atoms with Gasteiger partial charge in [-0.3, -0.25) is 14.9 Å². The van der Waals surface area contributed by atoms with Crippen LogP contribution in [0.2, 0.25) is 0 Å². The normalized spacial score (nSPS) is 10.3. The molecule has 0 bridgehead atoms. The Labute approximate surface area is 134 Å². The van der Waals surface area contributed by atoms with Gasteiger partial charge in [0.15, 0.2) is 0 Å². The van der Waals surface area contributed by atoms with E-state index < -0.39 is 10.8 Å². The first kappa shape index (κ1) is 16.1. The second-order valence-corrected chi connectivity index (χ2v) is 5.41. The Balaban J connectivity index is 1.98. The van der Waals surface area contributed by atoms with Crippen molar-refractivity contribution in [3.63, 3.8) is 0 Å². The first-order valence-corrected chi connectivity index (χ1v) is 7.23. The molecule has 0 aliphatic heterocycles. The van der Waals surface area contributed by atoms with Crippen molar-refractivity contribution in [2.45, 2.75) is 6.42 Å². The lowest BCUT2D eigenvalue weighted by Gasteiger charge is -2.06. The second kappa shape index (κ2) is 7.13. The summed E-state index contributed by atoms with van der Waals surface area (Å²) in [5, 5.41) is 13.5. The van der Waals surface area contributed by atoms with Crippen LogP contribution in [-0.2, 0) is 6.42 Å². The van der Waals surface area contributed by atoms with Crippen molar-refractivity contribution in [3.8, 4) is 0 Å². The van der Waals surface area contributed by atoms with Crippen molar-refractivity contribution >= 4 is 27.5 Å². The number of nitro groups is 1. The molecule has 22 heavy (non-hydrogen) atoms. The number of carbonyl (C=O) groups is 1. The van der Waals surface area contributed by atoms with Gasteiger partial charge in [0.05, 0.1) is 9.40 Å². The number of nitrogens with zero attached hydrogens (tertiary/aromatic N) is 1. The highest BCUT2D eigenvalue weighted by Gasteiger charge is 2.15. The molecule has 1 amide bonds. The van der Waals surface area contributed by atoms with Crippen molar-refractivity contribution in [1.82, 2.24) is 5.32 Å². The van der Waals surface area contributed by atoms with Gasteiger partial charge in [0, 0.05) is 18.2 Å². The highest BCUT2D eigenvalue weighted by atomic mass is 79.9. The number of hydrogen-bond donors (Lipinski definition) is 1. The fourth-order valence-corrected chi connectivity index (χ4v) is 2.30. The van der Waals surface area contributed by atoms with Crippen molar-refractivity contribution in [1.29, 1.82) is 0 Å². The maximum atomic E-state index is 13.0. The molecule has 5 nitrogen and oxygen atoms in total. The minimum absolute atomic E-state index is 0.169. The molecule has 0 spiro atoms. The van der Waals surface area contributed by atoms with Gasteiger partial charge in [-0.15, -0.1) is 0 Å². The SMILES string of the molecule is O=C(NCCc1cccc(F)c1)c1ccc(Br)c([N+](=O)[O-])c1. The average Bonchev–Trinajstić information content (AvgIpc) is 2.47. The molecule has 2 rings (SSSR count). The molecular weight excluding hydrogens is 355 g/mol. The van der Waals surface area contributed by atoms with Gasteiger partial charge < -0.3 is 5.32 Å². The Bertz CT molecular complexity index is 722. The van der Waals surface area contributed by atoms with E-state index in [0.717, 1.165) is 5.56 Å². The molecule has 0 aliphatic rings. The molecule has 0 aliphatic carbocycles. The Morgan fingerprint density at radius 3 is 2.73 bits per heavy atom. The molecule has 1 N–H and O–H groups in total. The van der Waals surface area contributed by atoms with Gasteiger partial charge in [0.2, 0.25) is 0 Å². The molecule has 2 aromatic rings. The van der Waals surface area contributed by atoms with Crippen LogP contribution in [0.1, 0.15) is 15.9 Å². The summed E-state index contributed by atoms with van der Waals surface area (Å²) in [5.41, 5.74) is 0.800. The van der Waals surface area contributed by atoms with Gasteiger partial charge in [-0.2, -0.15) is 0 Å². The van der Waals surface area contributed by atoms with E-state index in [1.807, 2.05) is 0 Å². The summed E-state index contributed by atoms with van der Waals surface area (Å²) in [6, 6.07) is 10.3. The molecule has 0 unspecified atom stereocenters. The molecule has 0 saturated carbocycles. The molecule has 114 valence electrons. The Morgan fingerprint density at radius 2 is 2.05 bits per heavy atom. The maximum Gasteiger partial charge on any atom is 0.284 e. The van der Waals surface area contributed by atoms with Crippen molar-refractivity contribution in [3.05, 3.63) is 74.0 Å². The van der Waals surface area contributed by atoms with Crippen molar-refractivity contribution in [2.24, 2.45) is 0 Å². The third-order valence-electron chi connectivity index (χ3n) is 2.99. The minimum Gasteiger partial charge on any atom is -0.352 e. The predicted octanol–water partition coefficient (Wildman–Crippen LogP) is 3.47. The van der Waals surface area contributed by atoms with Gasteiger partial charge in [-0.1, -0.05) is 12.1 Å². The third kappa shape index (κ3) is 4.11. The van der Waals surface area contributed by atoms with E-state index in [-0.39, 0.29) is 17.1 Å². The fourth-order valence-electron chi connectivity index (χ4n) is 1.91. The first-order valence-electron chi connectivity index (χ1n) is 6.44. The maximum absolute atomic E-state index is 13.0. The van der Waals surface area contributed by atoms with Crippen LogP contribution < -0.4 is 5.32 Å². The van der Waals surface area contributed by atoms with E-state index in [0.29, 0.717) is 17.4 Å². The lowest BCUT2D eigenvalue weighted by Crippen LogP contribution is -2.25. The van der Waals surface area contributed by atoms with Crippen molar-refractivity contribution < 1.29 is 14.1 Å². The molecular formula is C15H12BrFN2O3. The number of nitrogens with one attached hydrogen (secondary N) is 1. The summed E-state index contributed by atoms with van der Waals surface area (Å²) in [4.78, 5) is 22.2. The zero-order valence-corrected chi connectivity index (χ0v) is 13.0. The van der Waals surface area contributed by atoms with Gasteiger partial charge in [-0.25, -0.2) is 4.39 Å². The van der Waals surface area contributed by atoms with E-state index >= 15 is 0 Å². The molecule has 2 aromatic carbocycles. The van der Waals surface area contributed by atoms with E-state index in [4.69, 9.17) is 0 Å². The average molecular weight is 367 g/mol. The van der Waals surface area contributed by atoms with Crippen LogP contribution in [0.25, 0.3) is 0 Å². The number of halogens is 2. The highest BCUT2D eigenvalue weighted by molar-refractivity contribution is 9.10. The quantitative estimate of drug-likeness (QED) is 0.650. The van der Waals surface area contributed by atoms with Crippen LogP contribution in [0.3, 0.4) is 0 Å². The molecule has 0 atom stereocenters. The molecule has 0 fully saturated rings. The zero-order chi connectivity index (χ0) is 16.1. The Kier molecular flexibility index (Phi) is 5.21. The Morgan fingerprint density at radius 1 is 1.27 bits per heavy atom. The summed E-state index contributed by atoms with van der Waals surface area (Å²) in [5.74, 6) is -0.737. The van der Waals surface area contributed by atoms with Crippen molar-refractivity contribution in [2.75, 3.05) is 6.54 Å². The number of carbonyl (C=O) groups excluding carboxylic acids is 1. The topological polar surface area (TPSA) is 72.2 Å². The standard InChI is InChI=1S/C15H12BrFN2O3/c16-13-5-4-11(9-14(13)19(21)22)15(20)18-7-6-10-2-1-3-12(17)8-10/h1-5,8-9H,6-7H2,(H,18,20). The summed E-state index contributed by atoms with van der Waals surface area (Å²) >= 11 is 3.06. The molecule has 0 aromatic heterocycles. The van der Waals surface area contributed by atoms with Crippen LogP contribution in [0.5, 0.6) is 0 Å². The number of hydrogen-bond acceptors (Lipinski definition) is 3. The van der Waals surface area contributed by atoms with Crippen LogP contribution in [0, 0.1) is 15.9 Å². The predicted molar refractivity (Wildman–Crippen MR) is 83.2 cm³/mol. The minimum atomic E-state index is -0.562. The molecule has 0 radical (unpaired) electrons. The van der Waals surface area contributed by atoms with E-state index in [1.54, 1.807) is 12.1 Å². The lowest BCUT2D eigenvalue weighted by molar-refractivity contribution is -0.385. The largest absolute Gasteiger partial charge is 0.352 e. The summed E-state index contributed by atoms with van der Waals surface area (Å²) in [7, 11) is 0. The van der Waals surface area contributed by atoms with Gasteiger partial charge in [0.1, 0.15) is 5.82 Å². The van der Waals surface area contributed by atoms with Crippen LogP contribution >= 0.6 is 15.9 Å². The summed E-state index contributed by atoms with van der Waals surface area (Å²) in [6.07, 6.45) is 0.474. The fraction of sp³-hybridized carbons (Fsp3) is 0.133. The lowest BCUT2D eigenvalue weighted by atomic mass is 10.1. The van der Waals surface area contributed by atoms with E-state index in [9.17, 15) is 19.3 Å². The molecule has 7 heteroatoms. The molecule has 0 heterocycles. The van der Waals surface area contributed by atoms with Crippen LogP contribution in [-0.4, -0.2) is 17.4 Å². The number of amides is 1. The zero-order valence-electron chi connectivity index (χ0n) is 11.4. The smallest absolute Gasteiger partial charge is 0.284 e. The van der Waals surface area contributed by atoms with Gasteiger partial charge in [-0.05, 0) is 52.2 Å². The van der Waals surface area contributed by atoms with E-state index in [2.05, 4.69) is 21.2 Å². The highest BCUT2D eigenvalue weighted by Crippen LogP contribution is 2.25. The van der Waals surface area contributed by atoms with E-state index in [1.165, 1.54) is 30.3 Å². The van der Waals surface area contributed by atoms with Crippen LogP contribution in [0.4, 0.5) is 10.1 Å². The monoisotopic (exact) mass is 366 g/mol. The summed E-state index contributed by atoms with van der Waals surface area (Å²) in [6.45, 7) is 0.312. The van der Waals surface area contributed by atoms with Crippen LogP contribution in [0.15, 0.2) is 46.9 Å². The third-order valence-corrected chi connectivity index (χ3v) is 3.66. The number of nitro benzene ring substituents is 1. The van der Waals surface area contributed by atoms with Gasteiger partial charge >= 0.3 is 0 Å². The Hall–Kier alpha value is -2.28. The number of benzene rings is 2. The summed E-state index contributed by atoms with van der Waals surface area (Å²) < 4.78 is 13.3. The number of rotatable bonds is 5. The molecule has 0 saturated heterocycles. The first-order chi connectivity index (χ1) is 10.5. The second-order valence-electron chi connectivity index (χ2n) is 4.56. The van der Waals surface area contributed by atoms with Gasteiger partial charge in [0.25, 0.3) is 11.6 Å².